The summed E-state index contributed by atoms with van der Waals surface area (Å²) in [5.74, 6) is 2.97. The summed E-state index contributed by atoms with van der Waals surface area (Å²) in [7, 11) is 6.38. The van der Waals surface area contributed by atoms with E-state index in [4.69, 9.17) is 18.9 Å². The van der Waals surface area contributed by atoms with E-state index in [9.17, 15) is 9.59 Å². The third-order valence-corrected chi connectivity index (χ3v) is 5.39. The van der Waals surface area contributed by atoms with Crippen LogP contribution in [0.3, 0.4) is 0 Å². The van der Waals surface area contributed by atoms with Gasteiger partial charge in [0.25, 0.3) is 0 Å². The number of ether oxygens (including phenoxy) is 4. The zero-order valence-corrected chi connectivity index (χ0v) is 22.7. The van der Waals surface area contributed by atoms with Crippen molar-refractivity contribution in [2.45, 2.75) is 0 Å². The molecule has 4 N–H and O–H groups in total. The third kappa shape index (κ3) is 9.49. The van der Waals surface area contributed by atoms with Gasteiger partial charge in [-0.3, -0.25) is 0 Å². The minimum absolute atomic E-state index is 0.305. The molecule has 0 atom stereocenters. The number of urea groups is 2. The zero-order chi connectivity index (χ0) is 28.7. The van der Waals surface area contributed by atoms with Crippen molar-refractivity contribution in [3.05, 3.63) is 97.1 Å². The van der Waals surface area contributed by atoms with Gasteiger partial charge < -0.3 is 40.2 Å². The van der Waals surface area contributed by atoms with Crippen LogP contribution >= 0.6 is 0 Å². The summed E-state index contributed by atoms with van der Waals surface area (Å²) in [4.78, 5) is 23.6. The number of carbonyl (C=O) groups excluding carboxylic acids is 2. The number of carbonyl (C=O) groups is 2. The van der Waals surface area contributed by atoms with Crippen LogP contribution in [0.25, 0.3) is 0 Å². The number of hydrogen-bond acceptors (Lipinski definition) is 6. The highest BCUT2D eigenvalue weighted by Gasteiger charge is 2.04. The average Bonchev–Trinajstić information content (AvgIpc) is 2.99. The van der Waals surface area contributed by atoms with Crippen molar-refractivity contribution in [1.82, 2.24) is 0 Å². The van der Waals surface area contributed by atoms with Gasteiger partial charge in [0, 0.05) is 22.7 Å². The van der Waals surface area contributed by atoms with Crippen molar-refractivity contribution >= 4 is 34.8 Å². The molecule has 0 aromatic heterocycles. The Kier molecular flexibility index (Phi) is 11.0. The van der Waals surface area contributed by atoms with Gasteiger partial charge in [-0.2, -0.15) is 0 Å². The Hall–Kier alpha value is -5.38. The number of hydrogen-bond donors (Lipinski definition) is 4. The molecule has 4 rings (SSSR count). The van der Waals surface area contributed by atoms with E-state index in [1.165, 1.54) is 0 Å². The van der Waals surface area contributed by atoms with Crippen LogP contribution in [0.4, 0.5) is 32.3 Å². The van der Waals surface area contributed by atoms with E-state index in [0.29, 0.717) is 22.7 Å². The van der Waals surface area contributed by atoms with Gasteiger partial charge in [0.05, 0.1) is 28.4 Å². The Morgan fingerprint density at radius 2 is 0.550 bits per heavy atom. The van der Waals surface area contributed by atoms with E-state index >= 15 is 0 Å². The molecule has 0 saturated heterocycles. The second-order valence-electron chi connectivity index (χ2n) is 8.07. The van der Waals surface area contributed by atoms with Crippen molar-refractivity contribution in [2.24, 2.45) is 0 Å². The quantitative estimate of drug-likeness (QED) is 0.196. The molecule has 0 aliphatic carbocycles. The normalized spacial score (nSPS) is 9.70. The first-order valence-electron chi connectivity index (χ1n) is 12.1. The van der Waals surface area contributed by atoms with Gasteiger partial charge in [0.15, 0.2) is 0 Å². The number of anilines is 4. The van der Waals surface area contributed by atoms with Gasteiger partial charge in [-0.05, 0) is 97.1 Å². The summed E-state index contributed by atoms with van der Waals surface area (Å²) in [6.07, 6.45) is 0. The smallest absolute Gasteiger partial charge is 0.323 e. The third-order valence-electron chi connectivity index (χ3n) is 5.39. The highest BCUT2D eigenvalue weighted by molar-refractivity contribution is 6.00. The number of amides is 4. The molecule has 10 heteroatoms. The molecule has 0 fully saturated rings. The van der Waals surface area contributed by atoms with E-state index < -0.39 is 0 Å². The standard InChI is InChI=1S/2C15H16N2O3/c2*1-19-13-7-3-11(4-8-13)16-15(18)17-12-5-9-14(20-2)10-6-12/h2*3-10H,1-2H3,(H2,16,17,18). The van der Waals surface area contributed by atoms with Crippen molar-refractivity contribution in [2.75, 3.05) is 49.7 Å². The lowest BCUT2D eigenvalue weighted by Gasteiger charge is -2.08. The van der Waals surface area contributed by atoms with E-state index in [0.717, 1.165) is 23.0 Å². The van der Waals surface area contributed by atoms with E-state index in [-0.39, 0.29) is 12.1 Å². The summed E-state index contributed by atoms with van der Waals surface area (Å²) >= 11 is 0. The summed E-state index contributed by atoms with van der Waals surface area (Å²) < 4.78 is 20.2. The molecule has 0 saturated carbocycles. The number of rotatable bonds is 8. The monoisotopic (exact) mass is 544 g/mol. The second kappa shape index (κ2) is 15.1. The topological polar surface area (TPSA) is 119 Å². The molecular weight excluding hydrogens is 512 g/mol. The molecule has 208 valence electrons. The minimum atomic E-state index is -0.305. The van der Waals surface area contributed by atoms with Crippen molar-refractivity contribution in [3.63, 3.8) is 0 Å². The fourth-order valence-electron chi connectivity index (χ4n) is 3.28. The maximum Gasteiger partial charge on any atom is 0.323 e. The molecule has 4 aromatic rings. The lowest BCUT2D eigenvalue weighted by molar-refractivity contribution is 0.261. The predicted octanol–water partition coefficient (Wildman–Crippen LogP) is 6.70. The Morgan fingerprint density at radius 3 is 0.700 bits per heavy atom. The van der Waals surface area contributed by atoms with Crippen molar-refractivity contribution < 1.29 is 28.5 Å². The Bertz CT molecular complexity index is 1130. The lowest BCUT2D eigenvalue weighted by Crippen LogP contribution is -2.19. The van der Waals surface area contributed by atoms with Gasteiger partial charge >= 0.3 is 12.1 Å². The molecule has 0 unspecified atom stereocenters. The van der Waals surface area contributed by atoms with Crippen LogP contribution in [0.1, 0.15) is 0 Å². The Labute approximate surface area is 233 Å². The van der Waals surface area contributed by atoms with Gasteiger partial charge in [-0.1, -0.05) is 0 Å². The molecule has 0 aliphatic heterocycles. The zero-order valence-electron chi connectivity index (χ0n) is 22.7. The van der Waals surface area contributed by atoms with Crippen LogP contribution < -0.4 is 40.2 Å². The molecular formula is C30H32N4O6. The van der Waals surface area contributed by atoms with Crippen LogP contribution in [0.2, 0.25) is 0 Å². The maximum absolute atomic E-state index is 11.8. The molecule has 10 nitrogen and oxygen atoms in total. The van der Waals surface area contributed by atoms with Crippen LogP contribution in [-0.2, 0) is 0 Å². The van der Waals surface area contributed by atoms with E-state index in [1.807, 2.05) is 0 Å². The molecule has 0 bridgehead atoms. The molecule has 0 radical (unpaired) electrons. The fraction of sp³-hybridized carbons (Fsp3) is 0.133. The first-order chi connectivity index (χ1) is 19.4. The molecule has 4 amide bonds. The fourth-order valence-corrected chi connectivity index (χ4v) is 3.28. The van der Waals surface area contributed by atoms with Gasteiger partial charge in [-0.25, -0.2) is 9.59 Å². The first kappa shape index (κ1) is 29.2. The lowest BCUT2D eigenvalue weighted by atomic mass is 10.3. The average molecular weight is 545 g/mol. The molecule has 40 heavy (non-hydrogen) atoms. The number of nitrogens with one attached hydrogen (secondary N) is 4. The van der Waals surface area contributed by atoms with Crippen LogP contribution in [0.5, 0.6) is 23.0 Å². The maximum atomic E-state index is 11.8. The minimum Gasteiger partial charge on any atom is -0.497 e. The summed E-state index contributed by atoms with van der Waals surface area (Å²) in [5.41, 5.74) is 2.77. The van der Waals surface area contributed by atoms with Gasteiger partial charge in [0.1, 0.15) is 23.0 Å². The second-order valence-corrected chi connectivity index (χ2v) is 8.07. The van der Waals surface area contributed by atoms with Gasteiger partial charge in [-0.15, -0.1) is 0 Å². The highest BCUT2D eigenvalue weighted by Crippen LogP contribution is 2.19. The van der Waals surface area contributed by atoms with Crippen LogP contribution in [-0.4, -0.2) is 40.5 Å². The van der Waals surface area contributed by atoms with Crippen molar-refractivity contribution in [1.29, 1.82) is 0 Å². The summed E-state index contributed by atoms with van der Waals surface area (Å²) in [6.45, 7) is 0. The highest BCUT2D eigenvalue weighted by atomic mass is 16.5. The molecule has 0 aliphatic rings. The van der Waals surface area contributed by atoms with E-state index in [1.54, 1.807) is 126 Å². The number of methoxy groups -OCH3 is 4. The Balaban J connectivity index is 0.000000220. The Morgan fingerprint density at radius 1 is 0.375 bits per heavy atom. The van der Waals surface area contributed by atoms with Crippen molar-refractivity contribution in [3.8, 4) is 23.0 Å². The SMILES string of the molecule is COc1ccc(NC(=O)Nc2ccc(OC)cc2)cc1.COc1ccc(NC(=O)Nc2ccc(OC)cc2)cc1. The predicted molar refractivity (Wildman–Crippen MR) is 157 cm³/mol. The van der Waals surface area contributed by atoms with E-state index in [2.05, 4.69) is 21.3 Å². The molecule has 4 aromatic carbocycles. The molecule has 0 heterocycles. The summed E-state index contributed by atoms with van der Waals surface area (Å²) in [5, 5.41) is 10.9. The summed E-state index contributed by atoms with van der Waals surface area (Å²) in [6, 6.07) is 27.8. The van der Waals surface area contributed by atoms with Gasteiger partial charge in [0.2, 0.25) is 0 Å². The number of benzene rings is 4. The van der Waals surface area contributed by atoms with Crippen LogP contribution in [0, 0.1) is 0 Å². The largest absolute Gasteiger partial charge is 0.497 e. The first-order valence-corrected chi connectivity index (χ1v) is 12.1. The molecule has 0 spiro atoms. The van der Waals surface area contributed by atoms with Crippen LogP contribution in [0.15, 0.2) is 97.1 Å².